The summed E-state index contributed by atoms with van der Waals surface area (Å²) in [6.07, 6.45) is 4.19. The van der Waals surface area contributed by atoms with E-state index in [1.165, 1.54) is 18.2 Å². The lowest BCUT2D eigenvalue weighted by atomic mass is 9.82. The van der Waals surface area contributed by atoms with Gasteiger partial charge in [-0.15, -0.1) is 0 Å². The third-order valence-electron chi connectivity index (χ3n) is 4.54. The first-order valence-electron chi connectivity index (χ1n) is 7.36. The van der Waals surface area contributed by atoms with Crippen molar-refractivity contribution in [3.8, 4) is 5.75 Å². The van der Waals surface area contributed by atoms with E-state index < -0.39 is 29.6 Å². The van der Waals surface area contributed by atoms with Gasteiger partial charge in [-0.3, -0.25) is 20.4 Å². The van der Waals surface area contributed by atoms with Crippen molar-refractivity contribution in [3.63, 3.8) is 0 Å². The van der Waals surface area contributed by atoms with E-state index in [2.05, 4.69) is 10.9 Å². The van der Waals surface area contributed by atoms with Gasteiger partial charge in [0, 0.05) is 16.9 Å². The smallest absolute Gasteiger partial charge is 0.273 e. The molecule has 0 heterocycles. The van der Waals surface area contributed by atoms with Gasteiger partial charge in [-0.05, 0) is 36.5 Å². The van der Waals surface area contributed by atoms with Crippen LogP contribution in [0.1, 0.15) is 16.8 Å². The van der Waals surface area contributed by atoms with E-state index >= 15 is 0 Å². The zero-order chi connectivity index (χ0) is 17.4. The highest BCUT2D eigenvalue weighted by Gasteiger charge is 2.48. The highest BCUT2D eigenvalue weighted by atomic mass is 35.5. The summed E-state index contributed by atoms with van der Waals surface area (Å²) in [4.78, 5) is 35.6. The van der Waals surface area contributed by atoms with Gasteiger partial charge in [0.05, 0.1) is 11.5 Å². The summed E-state index contributed by atoms with van der Waals surface area (Å²) >= 11 is 5.77. The Balaban J connectivity index is 1.67. The Morgan fingerprint density at radius 2 is 1.79 bits per heavy atom. The van der Waals surface area contributed by atoms with Crippen molar-refractivity contribution in [2.45, 2.75) is 6.42 Å². The number of aliphatic carboxylic acids is 1. The van der Waals surface area contributed by atoms with Crippen LogP contribution in [0.5, 0.6) is 5.75 Å². The van der Waals surface area contributed by atoms with Gasteiger partial charge in [-0.1, -0.05) is 23.8 Å². The number of carboxylic acid groups (broad SMARTS) is 1. The second-order valence-corrected chi connectivity index (χ2v) is 6.36. The number of phenols is 1. The number of carbonyl (C=O) groups is 3. The van der Waals surface area contributed by atoms with Gasteiger partial charge < -0.3 is 15.0 Å². The normalized spacial score (nSPS) is 27.0. The molecule has 0 radical (unpaired) electrons. The second-order valence-electron chi connectivity index (χ2n) is 5.92. The molecule has 1 aromatic rings. The number of benzene rings is 1. The number of fused-ring (bicyclic) bond motifs is 2. The number of carbonyl (C=O) groups excluding carboxylic acids is 3. The standard InChI is InChI=1S/C16H15ClN2O5/c17-9-3-4-11(20)10(6-9)14(21)18-19-15(22)12-7-1-2-8(5-7)13(12)16(23)24/h1-4,6-8,12-13,20H,5H2,(H,18,21)(H,19,22)(H,23,24)/p-1/t7-,8-,12+,13-/m0/s1. The molecule has 7 nitrogen and oxygen atoms in total. The summed E-state index contributed by atoms with van der Waals surface area (Å²) in [6.45, 7) is 0. The third-order valence-corrected chi connectivity index (χ3v) is 4.77. The predicted molar refractivity (Wildman–Crippen MR) is 81.4 cm³/mol. The highest BCUT2D eigenvalue weighted by molar-refractivity contribution is 6.31. The number of halogens is 1. The van der Waals surface area contributed by atoms with E-state index in [1.807, 2.05) is 6.08 Å². The largest absolute Gasteiger partial charge is 0.550 e. The number of hydrazine groups is 1. The minimum absolute atomic E-state index is 0.105. The Labute approximate surface area is 142 Å². The summed E-state index contributed by atoms with van der Waals surface area (Å²) in [5.41, 5.74) is 4.29. The van der Waals surface area contributed by atoms with Gasteiger partial charge in [0.2, 0.25) is 5.91 Å². The Hall–Kier alpha value is -2.54. The number of hydrogen-bond donors (Lipinski definition) is 3. The highest BCUT2D eigenvalue weighted by Crippen LogP contribution is 2.47. The van der Waals surface area contributed by atoms with Gasteiger partial charge in [-0.2, -0.15) is 0 Å². The van der Waals surface area contributed by atoms with Crippen LogP contribution in [0.25, 0.3) is 0 Å². The van der Waals surface area contributed by atoms with Crippen LogP contribution in [0, 0.1) is 23.7 Å². The van der Waals surface area contributed by atoms with Crippen LogP contribution in [-0.2, 0) is 9.59 Å². The third kappa shape index (κ3) is 2.82. The van der Waals surface area contributed by atoms with Crippen LogP contribution in [-0.4, -0.2) is 22.9 Å². The quantitative estimate of drug-likeness (QED) is 0.524. The minimum Gasteiger partial charge on any atom is -0.550 e. The molecule has 2 aliphatic rings. The van der Waals surface area contributed by atoms with Gasteiger partial charge in [0.15, 0.2) is 0 Å². The molecule has 24 heavy (non-hydrogen) atoms. The fourth-order valence-corrected chi connectivity index (χ4v) is 3.63. The number of phenolic OH excluding ortho intramolecular Hbond substituents is 1. The topological polar surface area (TPSA) is 119 Å². The van der Waals surface area contributed by atoms with E-state index in [-0.39, 0.29) is 28.2 Å². The monoisotopic (exact) mass is 349 g/mol. The molecule has 0 unspecified atom stereocenters. The lowest BCUT2D eigenvalue weighted by Crippen LogP contribution is -2.50. The lowest BCUT2D eigenvalue weighted by Gasteiger charge is -2.27. The van der Waals surface area contributed by atoms with Crippen LogP contribution in [0.15, 0.2) is 30.4 Å². The number of aromatic hydroxyl groups is 1. The van der Waals surface area contributed by atoms with E-state index in [9.17, 15) is 24.6 Å². The van der Waals surface area contributed by atoms with Crippen molar-refractivity contribution >= 4 is 29.4 Å². The van der Waals surface area contributed by atoms with E-state index in [4.69, 9.17) is 11.6 Å². The number of hydrogen-bond acceptors (Lipinski definition) is 5. The van der Waals surface area contributed by atoms with Crippen LogP contribution in [0.3, 0.4) is 0 Å². The molecule has 1 saturated carbocycles. The predicted octanol–water partition coefficient (Wildman–Crippen LogP) is -0.00520. The van der Waals surface area contributed by atoms with Crippen molar-refractivity contribution in [1.29, 1.82) is 0 Å². The molecule has 8 heteroatoms. The zero-order valence-electron chi connectivity index (χ0n) is 12.4. The Morgan fingerprint density at radius 3 is 2.46 bits per heavy atom. The van der Waals surface area contributed by atoms with Crippen LogP contribution in [0.2, 0.25) is 5.02 Å². The maximum absolute atomic E-state index is 12.3. The molecule has 0 spiro atoms. The molecule has 2 bridgehead atoms. The van der Waals surface area contributed by atoms with Crippen molar-refractivity contribution in [1.82, 2.24) is 10.9 Å². The molecule has 0 aliphatic heterocycles. The molecule has 2 amide bonds. The van der Waals surface area contributed by atoms with Crippen LogP contribution >= 0.6 is 11.6 Å². The molecule has 4 atom stereocenters. The first-order valence-corrected chi connectivity index (χ1v) is 7.74. The summed E-state index contributed by atoms with van der Waals surface area (Å²) < 4.78 is 0. The van der Waals surface area contributed by atoms with Crippen molar-refractivity contribution in [3.05, 3.63) is 40.9 Å². The van der Waals surface area contributed by atoms with Crippen LogP contribution in [0.4, 0.5) is 0 Å². The fraction of sp³-hybridized carbons (Fsp3) is 0.312. The first-order chi connectivity index (χ1) is 11.4. The molecular weight excluding hydrogens is 336 g/mol. The number of rotatable bonds is 3. The molecule has 3 N–H and O–H groups in total. The van der Waals surface area contributed by atoms with Gasteiger partial charge in [0.1, 0.15) is 5.75 Å². The molecular formula is C16H14ClN2O5-. The summed E-state index contributed by atoms with van der Waals surface area (Å²) in [5.74, 6) is -5.03. The molecule has 0 saturated heterocycles. The Bertz CT molecular complexity index is 748. The Morgan fingerprint density at radius 1 is 1.12 bits per heavy atom. The zero-order valence-corrected chi connectivity index (χ0v) is 13.1. The molecule has 2 aliphatic carbocycles. The van der Waals surface area contributed by atoms with Gasteiger partial charge in [0.25, 0.3) is 5.91 Å². The number of amides is 2. The average molecular weight is 350 g/mol. The number of allylic oxidation sites excluding steroid dienone is 2. The Kier molecular flexibility index (Phi) is 4.19. The minimum atomic E-state index is -1.27. The molecule has 126 valence electrons. The van der Waals surface area contributed by atoms with E-state index in [1.54, 1.807) is 6.08 Å². The van der Waals surface area contributed by atoms with Gasteiger partial charge >= 0.3 is 0 Å². The number of nitrogens with one attached hydrogen (secondary N) is 2. The van der Waals surface area contributed by atoms with Gasteiger partial charge in [-0.25, -0.2) is 0 Å². The maximum Gasteiger partial charge on any atom is 0.273 e. The molecule has 1 aromatic carbocycles. The molecule has 3 rings (SSSR count). The van der Waals surface area contributed by atoms with Crippen molar-refractivity contribution in [2.24, 2.45) is 23.7 Å². The lowest BCUT2D eigenvalue weighted by molar-refractivity contribution is -0.313. The maximum atomic E-state index is 12.3. The number of carboxylic acids is 1. The summed E-state index contributed by atoms with van der Waals surface area (Å²) in [6, 6.07) is 3.92. The SMILES string of the molecule is O=C(NNC(=O)[C@H]1[C@@H](C(=O)[O-])[C@H]2C=C[C@H]1C2)c1cc(Cl)ccc1O. The van der Waals surface area contributed by atoms with Crippen LogP contribution < -0.4 is 16.0 Å². The summed E-state index contributed by atoms with van der Waals surface area (Å²) in [7, 11) is 0. The average Bonchev–Trinajstić information content (AvgIpc) is 3.15. The first kappa shape index (κ1) is 16.3. The second kappa shape index (κ2) is 6.16. The van der Waals surface area contributed by atoms with Crippen molar-refractivity contribution in [2.75, 3.05) is 0 Å². The molecule has 1 fully saturated rings. The fourth-order valence-electron chi connectivity index (χ4n) is 3.46. The van der Waals surface area contributed by atoms with Crippen molar-refractivity contribution < 1.29 is 24.6 Å². The van der Waals surface area contributed by atoms with E-state index in [0.29, 0.717) is 6.42 Å². The van der Waals surface area contributed by atoms with E-state index in [0.717, 1.165) is 0 Å². The summed E-state index contributed by atoms with van der Waals surface area (Å²) in [5, 5.41) is 21.2. The molecule has 0 aromatic heterocycles.